The average molecular weight is 273 g/mol. The van der Waals surface area contributed by atoms with Gasteiger partial charge >= 0.3 is 0 Å². The summed E-state index contributed by atoms with van der Waals surface area (Å²) in [7, 11) is 0. The number of allylic oxidation sites excluding steroid dienone is 6. The molecule has 0 unspecified atom stereocenters. The molecule has 0 rings (SSSR count). The van der Waals surface area contributed by atoms with Crippen LogP contribution in [0.4, 0.5) is 0 Å². The summed E-state index contributed by atoms with van der Waals surface area (Å²) in [4.78, 5) is 15.8. The van der Waals surface area contributed by atoms with Crippen LogP contribution in [0, 0.1) is 0 Å². The first-order valence-corrected chi connectivity index (χ1v) is 7.27. The van der Waals surface area contributed by atoms with Gasteiger partial charge in [-0.1, -0.05) is 31.7 Å². The number of aliphatic imine (C=N–C) groups is 1. The van der Waals surface area contributed by atoms with E-state index in [1.54, 1.807) is 13.1 Å². The zero-order valence-corrected chi connectivity index (χ0v) is 13.1. The van der Waals surface area contributed by atoms with Gasteiger partial charge in [0.25, 0.3) is 0 Å². The third-order valence-corrected chi connectivity index (χ3v) is 2.97. The Hall–Kier alpha value is -1.70. The lowest BCUT2D eigenvalue weighted by atomic mass is 10.00. The van der Waals surface area contributed by atoms with Crippen LogP contribution in [0.3, 0.4) is 0 Å². The van der Waals surface area contributed by atoms with Crippen LogP contribution in [0.1, 0.15) is 52.9 Å². The summed E-state index contributed by atoms with van der Waals surface area (Å²) in [5.41, 5.74) is 2.33. The van der Waals surface area contributed by atoms with Crippen molar-refractivity contribution in [3.8, 4) is 0 Å². The van der Waals surface area contributed by atoms with Gasteiger partial charge in [0, 0.05) is 13.1 Å². The van der Waals surface area contributed by atoms with Crippen LogP contribution in [-0.2, 0) is 4.79 Å². The largest absolute Gasteiger partial charge is 0.293 e. The number of hydrogen-bond donors (Lipinski definition) is 0. The molecule has 20 heavy (non-hydrogen) atoms. The maximum atomic E-state index is 11.6. The third kappa shape index (κ3) is 7.03. The maximum Gasteiger partial charge on any atom is 0.178 e. The van der Waals surface area contributed by atoms with E-state index < -0.39 is 0 Å². The molecule has 0 saturated heterocycles. The minimum Gasteiger partial charge on any atom is -0.293 e. The fourth-order valence-corrected chi connectivity index (χ4v) is 1.93. The molecular weight excluding hydrogens is 246 g/mol. The van der Waals surface area contributed by atoms with Crippen LogP contribution < -0.4 is 0 Å². The Morgan fingerprint density at radius 1 is 1.25 bits per heavy atom. The van der Waals surface area contributed by atoms with Crippen molar-refractivity contribution in [1.82, 2.24) is 0 Å². The van der Waals surface area contributed by atoms with Crippen molar-refractivity contribution in [2.75, 3.05) is 0 Å². The second-order valence-electron chi connectivity index (χ2n) is 4.62. The normalized spacial score (nSPS) is 12.8. The predicted octanol–water partition coefficient (Wildman–Crippen LogP) is 5.19. The molecule has 0 atom stereocenters. The number of Topliss-reactive ketones (excluding diaryl/α,β-unsaturated/α-hetero) is 1. The number of hydrogen-bond acceptors (Lipinski definition) is 2. The molecule has 0 aromatic carbocycles. The first kappa shape index (κ1) is 18.3. The molecule has 0 aromatic heterocycles. The van der Waals surface area contributed by atoms with Gasteiger partial charge in [-0.2, -0.15) is 0 Å². The molecule has 0 bridgehead atoms. The van der Waals surface area contributed by atoms with Crippen molar-refractivity contribution in [3.05, 3.63) is 48.2 Å². The molecule has 0 aliphatic carbocycles. The Kier molecular flexibility index (Phi) is 10.2. The van der Waals surface area contributed by atoms with Gasteiger partial charge in [0.15, 0.2) is 5.78 Å². The molecule has 0 aliphatic rings. The van der Waals surface area contributed by atoms with E-state index in [4.69, 9.17) is 0 Å². The van der Waals surface area contributed by atoms with Gasteiger partial charge in [0.1, 0.15) is 5.70 Å². The quantitative estimate of drug-likeness (QED) is 0.177. The molecule has 0 fully saturated rings. The average Bonchev–Trinajstić information content (AvgIpc) is 2.42. The highest BCUT2D eigenvalue weighted by Gasteiger charge is 2.10. The lowest BCUT2D eigenvalue weighted by Crippen LogP contribution is -2.00. The highest BCUT2D eigenvalue weighted by atomic mass is 16.1. The van der Waals surface area contributed by atoms with E-state index in [1.165, 1.54) is 0 Å². The SMILES string of the molecule is C=CCCCC/C=C/C(=C)/C(CC)=C(\N=C/C)C(C)=O. The summed E-state index contributed by atoms with van der Waals surface area (Å²) in [6, 6.07) is 0. The standard InChI is InChI=1S/C18H27NO/c1-6-9-10-11-12-13-14-15(4)17(7-2)18(16(5)20)19-8-3/h6,8,13-14H,1,4,7,9-12H2,2-3,5H3/b14-13+,18-17-,19-8-. The van der Waals surface area contributed by atoms with Gasteiger partial charge in [-0.05, 0) is 50.2 Å². The van der Waals surface area contributed by atoms with E-state index in [1.807, 2.05) is 26.0 Å². The number of carbonyl (C=O) groups is 1. The van der Waals surface area contributed by atoms with Crippen molar-refractivity contribution >= 4 is 12.0 Å². The second-order valence-corrected chi connectivity index (χ2v) is 4.62. The third-order valence-electron chi connectivity index (χ3n) is 2.97. The van der Waals surface area contributed by atoms with Crippen LogP contribution in [0.25, 0.3) is 0 Å². The Labute approximate surface area is 123 Å². The minimum absolute atomic E-state index is 0.0134. The Morgan fingerprint density at radius 2 is 1.90 bits per heavy atom. The van der Waals surface area contributed by atoms with Crippen LogP contribution in [0.5, 0.6) is 0 Å². The zero-order valence-electron chi connectivity index (χ0n) is 13.1. The van der Waals surface area contributed by atoms with Gasteiger partial charge in [0.2, 0.25) is 0 Å². The monoisotopic (exact) mass is 273 g/mol. The summed E-state index contributed by atoms with van der Waals surface area (Å²) in [6.07, 6.45) is 12.9. The van der Waals surface area contributed by atoms with Gasteiger partial charge in [-0.25, -0.2) is 0 Å². The minimum atomic E-state index is -0.0134. The molecule has 0 spiro atoms. The summed E-state index contributed by atoms with van der Waals surface area (Å²) < 4.78 is 0. The first-order valence-electron chi connectivity index (χ1n) is 7.27. The van der Waals surface area contributed by atoms with Crippen molar-refractivity contribution in [1.29, 1.82) is 0 Å². The summed E-state index contributed by atoms with van der Waals surface area (Å²) >= 11 is 0. The number of unbranched alkanes of at least 4 members (excludes halogenated alkanes) is 3. The molecule has 2 nitrogen and oxygen atoms in total. The summed E-state index contributed by atoms with van der Waals surface area (Å²) in [5, 5.41) is 0. The molecule has 0 heterocycles. The topological polar surface area (TPSA) is 29.4 Å². The number of rotatable bonds is 10. The number of carbonyl (C=O) groups excluding carboxylic acids is 1. The molecule has 0 radical (unpaired) electrons. The van der Waals surface area contributed by atoms with Crippen LogP contribution in [0.15, 0.2) is 53.2 Å². The van der Waals surface area contributed by atoms with Gasteiger partial charge in [-0.15, -0.1) is 6.58 Å². The van der Waals surface area contributed by atoms with Crippen LogP contribution >= 0.6 is 0 Å². The maximum absolute atomic E-state index is 11.6. The molecular formula is C18H27NO. The second kappa shape index (κ2) is 11.2. The Balaban J connectivity index is 4.76. The van der Waals surface area contributed by atoms with Crippen LogP contribution in [-0.4, -0.2) is 12.0 Å². The zero-order chi connectivity index (χ0) is 15.4. The smallest absolute Gasteiger partial charge is 0.178 e. The molecule has 0 saturated carbocycles. The molecule has 0 amide bonds. The van der Waals surface area contributed by atoms with Crippen LogP contribution in [0.2, 0.25) is 0 Å². The van der Waals surface area contributed by atoms with E-state index in [0.29, 0.717) is 5.70 Å². The van der Waals surface area contributed by atoms with Crippen molar-refractivity contribution < 1.29 is 4.79 Å². The van der Waals surface area contributed by atoms with E-state index in [-0.39, 0.29) is 5.78 Å². The predicted molar refractivity (Wildman–Crippen MR) is 89.1 cm³/mol. The molecule has 0 N–H and O–H groups in total. The number of nitrogens with zero attached hydrogens (tertiary/aromatic N) is 1. The van der Waals surface area contributed by atoms with E-state index >= 15 is 0 Å². The lowest BCUT2D eigenvalue weighted by molar-refractivity contribution is -0.113. The van der Waals surface area contributed by atoms with E-state index in [9.17, 15) is 4.79 Å². The number of ketones is 1. The first-order chi connectivity index (χ1) is 9.58. The van der Waals surface area contributed by atoms with Crippen molar-refractivity contribution in [3.63, 3.8) is 0 Å². The molecule has 2 heteroatoms. The van der Waals surface area contributed by atoms with E-state index in [0.717, 1.165) is 43.3 Å². The Bertz CT molecular complexity index is 425. The molecule has 110 valence electrons. The van der Waals surface area contributed by atoms with Crippen molar-refractivity contribution in [2.45, 2.75) is 52.9 Å². The van der Waals surface area contributed by atoms with E-state index in [2.05, 4.69) is 24.2 Å². The fourth-order valence-electron chi connectivity index (χ4n) is 1.93. The fraction of sp³-hybridized carbons (Fsp3) is 0.444. The molecule has 0 aromatic rings. The van der Waals surface area contributed by atoms with Gasteiger partial charge < -0.3 is 0 Å². The van der Waals surface area contributed by atoms with Crippen molar-refractivity contribution in [2.24, 2.45) is 4.99 Å². The highest BCUT2D eigenvalue weighted by molar-refractivity contribution is 5.95. The lowest BCUT2D eigenvalue weighted by Gasteiger charge is -2.08. The van der Waals surface area contributed by atoms with Gasteiger partial charge in [-0.3, -0.25) is 9.79 Å². The Morgan fingerprint density at radius 3 is 2.40 bits per heavy atom. The summed E-state index contributed by atoms with van der Waals surface area (Å²) in [5.74, 6) is -0.0134. The summed E-state index contributed by atoms with van der Waals surface area (Å²) in [6.45, 7) is 13.1. The molecule has 0 aliphatic heterocycles. The highest BCUT2D eigenvalue weighted by Crippen LogP contribution is 2.20. The van der Waals surface area contributed by atoms with Gasteiger partial charge in [0.05, 0.1) is 0 Å².